The molecule has 0 fully saturated rings. The second-order valence-corrected chi connectivity index (χ2v) is 7.45. The van der Waals surface area contributed by atoms with E-state index < -0.39 is 14.9 Å². The molecular formula is C16H18O3S. The predicted octanol–water partition coefficient (Wildman–Crippen LogP) is 3.42. The second-order valence-electron chi connectivity index (χ2n) is 5.27. The van der Waals surface area contributed by atoms with Gasteiger partial charge in [0.2, 0.25) is 0 Å². The average molecular weight is 290 g/mol. The first-order valence-electron chi connectivity index (χ1n) is 6.44. The number of hydrogen-bond donors (Lipinski definition) is 0. The van der Waals surface area contributed by atoms with Crippen LogP contribution in [0.25, 0.3) is 0 Å². The largest absolute Gasteiger partial charge is 0.382 e. The van der Waals surface area contributed by atoms with E-state index in [2.05, 4.69) is 0 Å². The summed E-state index contributed by atoms with van der Waals surface area (Å²) in [5, 5.41) is 0. The molecule has 0 unspecified atom stereocenters. The van der Waals surface area contributed by atoms with Gasteiger partial charge in [-0.25, -0.2) is 0 Å². The molecule has 0 aliphatic heterocycles. The zero-order valence-corrected chi connectivity index (χ0v) is 12.4. The maximum absolute atomic E-state index is 12.4. The van der Waals surface area contributed by atoms with Crippen LogP contribution in [-0.2, 0) is 16.5 Å². The van der Waals surface area contributed by atoms with Gasteiger partial charge in [-0.15, -0.1) is 0 Å². The van der Waals surface area contributed by atoms with E-state index in [-0.39, 0.29) is 0 Å². The fourth-order valence-electron chi connectivity index (χ4n) is 1.89. The zero-order chi connectivity index (χ0) is 14.6. The van der Waals surface area contributed by atoms with E-state index in [9.17, 15) is 8.42 Å². The van der Waals surface area contributed by atoms with Crippen molar-refractivity contribution in [2.24, 2.45) is 0 Å². The van der Waals surface area contributed by atoms with Crippen molar-refractivity contribution in [2.45, 2.75) is 25.0 Å². The summed E-state index contributed by atoms with van der Waals surface area (Å²) in [6.07, 6.45) is 0.406. The summed E-state index contributed by atoms with van der Waals surface area (Å²) in [5.41, 5.74) is 0.970. The Kier molecular flexibility index (Phi) is 4.14. The van der Waals surface area contributed by atoms with Gasteiger partial charge in [0, 0.05) is 0 Å². The van der Waals surface area contributed by atoms with E-state index in [1.54, 1.807) is 38.1 Å². The predicted molar refractivity (Wildman–Crippen MR) is 80.2 cm³/mol. The Morgan fingerprint density at radius 3 is 1.95 bits per heavy atom. The molecule has 0 amide bonds. The topological polar surface area (TPSA) is 43.4 Å². The van der Waals surface area contributed by atoms with E-state index in [1.165, 1.54) is 0 Å². The summed E-state index contributed by atoms with van der Waals surface area (Å²) < 4.78 is 29.0. The van der Waals surface area contributed by atoms with Crippen LogP contribution >= 0.6 is 0 Å². The van der Waals surface area contributed by atoms with E-state index in [0.717, 1.165) is 5.56 Å². The second kappa shape index (κ2) is 5.67. The van der Waals surface area contributed by atoms with Gasteiger partial charge in [-0.05, 0) is 38.0 Å². The summed E-state index contributed by atoms with van der Waals surface area (Å²) in [6.45, 7) is 3.36. The molecule has 0 saturated heterocycles. The van der Waals surface area contributed by atoms with Crippen LogP contribution in [0.4, 0.5) is 0 Å². The fourth-order valence-corrected chi connectivity index (χ4v) is 2.82. The van der Waals surface area contributed by atoms with Crippen molar-refractivity contribution in [3.05, 3.63) is 66.2 Å². The van der Waals surface area contributed by atoms with Crippen molar-refractivity contribution in [2.75, 3.05) is 0 Å². The molecule has 0 atom stereocenters. The van der Waals surface area contributed by atoms with Crippen LogP contribution in [0.15, 0.2) is 60.7 Å². The van der Waals surface area contributed by atoms with E-state index in [0.29, 0.717) is 12.2 Å². The van der Waals surface area contributed by atoms with Crippen molar-refractivity contribution in [1.82, 2.24) is 0 Å². The van der Waals surface area contributed by atoms with Gasteiger partial charge >= 0.3 is 10.1 Å². The van der Waals surface area contributed by atoms with Crippen LogP contribution < -0.4 is 4.18 Å². The minimum Gasteiger partial charge on any atom is -0.382 e. The molecule has 0 saturated carbocycles. The van der Waals surface area contributed by atoms with Gasteiger partial charge in [0.1, 0.15) is 10.5 Å². The molecule has 4 heteroatoms. The third kappa shape index (κ3) is 3.39. The van der Waals surface area contributed by atoms with E-state index in [4.69, 9.17) is 4.18 Å². The summed E-state index contributed by atoms with van der Waals surface area (Å²) in [5.74, 6) is 0.341. The van der Waals surface area contributed by atoms with E-state index >= 15 is 0 Å². The fraction of sp³-hybridized carbons (Fsp3) is 0.250. The molecule has 20 heavy (non-hydrogen) atoms. The Bertz CT molecular complexity index is 647. The maximum atomic E-state index is 12.4. The quantitative estimate of drug-likeness (QED) is 0.792. The molecule has 0 spiro atoms. The van der Waals surface area contributed by atoms with Crippen LogP contribution in [0.3, 0.4) is 0 Å². The SMILES string of the molecule is CC(C)(Cc1ccccc1)S(=O)(=O)Oc1ccccc1. The highest BCUT2D eigenvalue weighted by molar-refractivity contribution is 7.88. The average Bonchev–Trinajstić information content (AvgIpc) is 2.40. The number of hydrogen-bond acceptors (Lipinski definition) is 3. The molecule has 0 aromatic heterocycles. The van der Waals surface area contributed by atoms with Gasteiger partial charge in [0.25, 0.3) is 0 Å². The first-order chi connectivity index (χ1) is 9.41. The Labute approximate surface area is 120 Å². The molecule has 0 aliphatic rings. The van der Waals surface area contributed by atoms with Crippen LogP contribution in [0.2, 0.25) is 0 Å². The van der Waals surface area contributed by atoms with Crippen LogP contribution in [0.5, 0.6) is 5.75 Å². The molecule has 0 bridgehead atoms. The molecule has 2 aromatic carbocycles. The lowest BCUT2D eigenvalue weighted by atomic mass is 10.0. The van der Waals surface area contributed by atoms with Crippen molar-refractivity contribution < 1.29 is 12.6 Å². The summed E-state index contributed by atoms with van der Waals surface area (Å²) in [4.78, 5) is 0. The highest BCUT2D eigenvalue weighted by Crippen LogP contribution is 2.25. The smallest absolute Gasteiger partial charge is 0.314 e. The van der Waals surface area contributed by atoms with Crippen molar-refractivity contribution in [3.8, 4) is 5.75 Å². The normalized spacial score (nSPS) is 12.1. The highest BCUT2D eigenvalue weighted by atomic mass is 32.2. The van der Waals surface area contributed by atoms with Crippen molar-refractivity contribution in [1.29, 1.82) is 0 Å². The summed E-state index contributed by atoms with van der Waals surface area (Å²) in [7, 11) is -3.71. The molecular weight excluding hydrogens is 272 g/mol. The molecule has 106 valence electrons. The van der Waals surface area contributed by atoms with Gasteiger partial charge in [-0.3, -0.25) is 0 Å². The molecule has 0 radical (unpaired) electrons. The first-order valence-corrected chi connectivity index (χ1v) is 7.84. The number of para-hydroxylation sites is 1. The zero-order valence-electron chi connectivity index (χ0n) is 11.6. The van der Waals surface area contributed by atoms with Gasteiger partial charge in [-0.1, -0.05) is 48.5 Å². The van der Waals surface area contributed by atoms with E-state index in [1.807, 2.05) is 36.4 Å². The third-order valence-electron chi connectivity index (χ3n) is 3.10. The molecule has 2 aromatic rings. The molecule has 0 heterocycles. The number of rotatable bonds is 5. The molecule has 2 rings (SSSR count). The lowest BCUT2D eigenvalue weighted by Crippen LogP contribution is -2.37. The maximum Gasteiger partial charge on any atom is 0.314 e. The minimum atomic E-state index is -3.71. The minimum absolute atomic E-state index is 0.341. The van der Waals surface area contributed by atoms with Crippen molar-refractivity contribution >= 4 is 10.1 Å². The Morgan fingerprint density at radius 2 is 1.40 bits per heavy atom. The van der Waals surface area contributed by atoms with Gasteiger partial charge in [0.05, 0.1) is 0 Å². The summed E-state index contributed by atoms with van der Waals surface area (Å²) in [6, 6.07) is 18.1. The highest BCUT2D eigenvalue weighted by Gasteiger charge is 2.36. The lowest BCUT2D eigenvalue weighted by Gasteiger charge is -2.24. The molecule has 3 nitrogen and oxygen atoms in total. The van der Waals surface area contributed by atoms with Gasteiger partial charge in [-0.2, -0.15) is 8.42 Å². The first kappa shape index (κ1) is 14.6. The molecule has 0 aliphatic carbocycles. The standard InChI is InChI=1S/C16H18O3S/c1-16(2,13-14-9-5-3-6-10-14)20(17,18)19-15-11-7-4-8-12-15/h3-12H,13H2,1-2H3. The van der Waals surface area contributed by atoms with Gasteiger partial charge in [0.15, 0.2) is 0 Å². The monoisotopic (exact) mass is 290 g/mol. The Balaban J connectivity index is 2.19. The van der Waals surface area contributed by atoms with Gasteiger partial charge < -0.3 is 4.18 Å². The number of benzene rings is 2. The Hall–Kier alpha value is -1.81. The third-order valence-corrected chi connectivity index (χ3v) is 5.01. The van der Waals surface area contributed by atoms with Crippen molar-refractivity contribution in [3.63, 3.8) is 0 Å². The summed E-state index contributed by atoms with van der Waals surface area (Å²) >= 11 is 0. The van der Waals surface area contributed by atoms with Crippen LogP contribution in [0.1, 0.15) is 19.4 Å². The lowest BCUT2D eigenvalue weighted by molar-refractivity contribution is 0.444. The van der Waals surface area contributed by atoms with Crippen LogP contribution in [0, 0.1) is 0 Å². The molecule has 0 N–H and O–H groups in total. The Morgan fingerprint density at radius 1 is 0.900 bits per heavy atom. The van der Waals surface area contributed by atoms with Crippen LogP contribution in [-0.4, -0.2) is 13.2 Å².